The quantitative estimate of drug-likeness (QED) is 0.596. The van der Waals surface area contributed by atoms with Crippen molar-refractivity contribution in [3.8, 4) is 0 Å². The number of hydrogen-bond acceptors (Lipinski definition) is 6. The SMILES string of the molecule is CN1CCC(CNc2ncc(C(=O)[O-])s2)CC1.[Li+]. The van der Waals surface area contributed by atoms with E-state index < -0.39 is 5.97 Å². The molecule has 2 heterocycles. The number of anilines is 1. The van der Waals surface area contributed by atoms with Crippen molar-refractivity contribution in [2.45, 2.75) is 12.8 Å². The van der Waals surface area contributed by atoms with Gasteiger partial charge in [-0.25, -0.2) is 4.98 Å². The Morgan fingerprint density at radius 2 is 2.28 bits per heavy atom. The summed E-state index contributed by atoms with van der Waals surface area (Å²) in [5, 5.41) is 14.5. The van der Waals surface area contributed by atoms with Gasteiger partial charge in [-0.1, -0.05) is 11.3 Å². The van der Waals surface area contributed by atoms with Crippen molar-refractivity contribution in [2.24, 2.45) is 5.92 Å². The number of carbonyl (C=O) groups excluding carboxylic acids is 1. The Bertz CT molecular complexity index is 391. The maximum atomic E-state index is 10.6. The summed E-state index contributed by atoms with van der Waals surface area (Å²) in [6.07, 6.45) is 3.71. The molecule has 0 aromatic carbocycles. The average Bonchev–Trinajstić information content (AvgIpc) is 2.77. The van der Waals surface area contributed by atoms with Crippen molar-refractivity contribution < 1.29 is 28.8 Å². The molecule has 5 nitrogen and oxygen atoms in total. The van der Waals surface area contributed by atoms with Crippen molar-refractivity contribution in [1.29, 1.82) is 0 Å². The third-order valence-electron chi connectivity index (χ3n) is 3.09. The number of nitrogens with one attached hydrogen (secondary N) is 1. The molecular formula is C11H16LiN3O2S. The average molecular weight is 261 g/mol. The summed E-state index contributed by atoms with van der Waals surface area (Å²) in [7, 11) is 2.14. The fourth-order valence-corrected chi connectivity index (χ4v) is 2.61. The molecule has 1 saturated heterocycles. The third kappa shape index (κ3) is 4.29. The van der Waals surface area contributed by atoms with E-state index in [2.05, 4.69) is 22.2 Å². The van der Waals surface area contributed by atoms with Crippen LogP contribution in [0.25, 0.3) is 0 Å². The Labute approximate surface area is 123 Å². The molecule has 0 amide bonds. The second kappa shape index (κ2) is 7.15. The Kier molecular flexibility index (Phi) is 6.16. The van der Waals surface area contributed by atoms with Crippen molar-refractivity contribution >= 4 is 22.4 Å². The first-order valence-electron chi connectivity index (χ1n) is 5.74. The molecule has 1 aliphatic rings. The zero-order chi connectivity index (χ0) is 12.3. The van der Waals surface area contributed by atoms with Gasteiger partial charge in [-0.3, -0.25) is 0 Å². The van der Waals surface area contributed by atoms with Gasteiger partial charge in [0.25, 0.3) is 0 Å². The van der Waals surface area contributed by atoms with Gasteiger partial charge in [0.1, 0.15) is 0 Å². The Morgan fingerprint density at radius 3 is 2.83 bits per heavy atom. The van der Waals surface area contributed by atoms with Crippen LogP contribution < -0.4 is 29.3 Å². The van der Waals surface area contributed by atoms with E-state index in [4.69, 9.17) is 0 Å². The van der Waals surface area contributed by atoms with Crippen LogP contribution >= 0.6 is 11.3 Å². The van der Waals surface area contributed by atoms with Crippen LogP contribution in [0.4, 0.5) is 5.13 Å². The van der Waals surface area contributed by atoms with Gasteiger partial charge in [-0.15, -0.1) is 0 Å². The Balaban J connectivity index is 0.00000162. The summed E-state index contributed by atoms with van der Waals surface area (Å²) >= 11 is 1.14. The summed E-state index contributed by atoms with van der Waals surface area (Å²) in [6, 6.07) is 0. The first-order valence-corrected chi connectivity index (χ1v) is 6.56. The van der Waals surface area contributed by atoms with Gasteiger partial charge in [-0.2, -0.15) is 0 Å². The molecule has 0 bridgehead atoms. The van der Waals surface area contributed by atoms with Gasteiger partial charge in [0.2, 0.25) is 0 Å². The van der Waals surface area contributed by atoms with Crippen molar-refractivity contribution in [1.82, 2.24) is 9.88 Å². The molecule has 0 unspecified atom stereocenters. The molecule has 0 spiro atoms. The first-order chi connectivity index (χ1) is 8.15. The summed E-state index contributed by atoms with van der Waals surface area (Å²) in [6.45, 7) is 3.14. The molecule has 0 aliphatic carbocycles. The summed E-state index contributed by atoms with van der Waals surface area (Å²) in [5.41, 5.74) is 0. The van der Waals surface area contributed by atoms with E-state index >= 15 is 0 Å². The van der Waals surface area contributed by atoms with E-state index in [-0.39, 0.29) is 23.7 Å². The maximum absolute atomic E-state index is 10.6. The van der Waals surface area contributed by atoms with Gasteiger partial charge < -0.3 is 20.1 Å². The predicted molar refractivity (Wildman–Crippen MR) is 65.2 cm³/mol. The number of thiazole rings is 1. The molecule has 0 saturated carbocycles. The number of piperidine rings is 1. The summed E-state index contributed by atoms with van der Waals surface area (Å²) in [4.78, 5) is 17.1. The van der Waals surface area contributed by atoms with Crippen LogP contribution in [0.1, 0.15) is 22.5 Å². The predicted octanol–water partition coefficient (Wildman–Crippen LogP) is -2.74. The second-order valence-electron chi connectivity index (χ2n) is 4.44. The van der Waals surface area contributed by atoms with Crippen LogP contribution in [-0.4, -0.2) is 42.5 Å². The fourth-order valence-electron chi connectivity index (χ4n) is 1.95. The van der Waals surface area contributed by atoms with Crippen molar-refractivity contribution in [3.05, 3.63) is 11.1 Å². The molecule has 1 aliphatic heterocycles. The topological polar surface area (TPSA) is 68.3 Å². The zero-order valence-electron chi connectivity index (χ0n) is 10.8. The van der Waals surface area contributed by atoms with E-state index in [1.165, 1.54) is 19.0 Å². The van der Waals surface area contributed by atoms with Crippen LogP contribution in [0.15, 0.2) is 6.20 Å². The molecule has 1 N–H and O–H groups in total. The molecule has 7 heteroatoms. The normalized spacial score (nSPS) is 17.2. The minimum atomic E-state index is -1.16. The summed E-state index contributed by atoms with van der Waals surface area (Å²) in [5.74, 6) is -0.503. The van der Waals surface area contributed by atoms with Gasteiger partial charge >= 0.3 is 18.9 Å². The molecule has 1 fully saturated rings. The van der Waals surface area contributed by atoms with Crippen LogP contribution in [0.2, 0.25) is 0 Å². The number of hydrogen-bond donors (Lipinski definition) is 1. The van der Waals surface area contributed by atoms with Crippen LogP contribution in [0, 0.1) is 5.92 Å². The summed E-state index contributed by atoms with van der Waals surface area (Å²) < 4.78 is 0. The van der Waals surface area contributed by atoms with Crippen LogP contribution in [0.5, 0.6) is 0 Å². The smallest absolute Gasteiger partial charge is 0.544 e. The number of likely N-dealkylation sites (tertiary alicyclic amines) is 1. The largest absolute Gasteiger partial charge is 1.00 e. The number of carbonyl (C=O) groups is 1. The second-order valence-corrected chi connectivity index (χ2v) is 5.48. The Hall–Kier alpha value is -0.543. The molecule has 18 heavy (non-hydrogen) atoms. The van der Waals surface area contributed by atoms with E-state index in [0.29, 0.717) is 11.0 Å². The number of nitrogens with zero attached hydrogens (tertiary/aromatic N) is 2. The number of carboxylic acids is 1. The van der Waals surface area contributed by atoms with E-state index in [9.17, 15) is 9.90 Å². The standard InChI is InChI=1S/C11H17N3O2S.Li/c1-14-4-2-8(3-5-14)6-12-11-13-7-9(17-11)10(15)16;/h7-8H,2-6H2,1H3,(H,12,13)(H,15,16);/q;+1/p-1. The fraction of sp³-hybridized carbons (Fsp3) is 0.636. The minimum Gasteiger partial charge on any atom is -0.544 e. The maximum Gasteiger partial charge on any atom is 1.00 e. The van der Waals surface area contributed by atoms with Crippen molar-refractivity contribution in [3.63, 3.8) is 0 Å². The van der Waals surface area contributed by atoms with Crippen LogP contribution in [-0.2, 0) is 0 Å². The minimum absolute atomic E-state index is 0. The van der Waals surface area contributed by atoms with E-state index in [1.54, 1.807) is 0 Å². The molecule has 2 rings (SSSR count). The number of aromatic nitrogens is 1. The third-order valence-corrected chi connectivity index (χ3v) is 4.02. The van der Waals surface area contributed by atoms with Crippen molar-refractivity contribution in [2.75, 3.05) is 32.0 Å². The number of aromatic carboxylic acids is 1. The van der Waals surface area contributed by atoms with Crippen LogP contribution in [0.3, 0.4) is 0 Å². The Morgan fingerprint density at radius 1 is 1.61 bits per heavy atom. The molecule has 1 aromatic rings. The van der Waals surface area contributed by atoms with E-state index in [1.807, 2.05) is 0 Å². The van der Waals surface area contributed by atoms with Gasteiger partial charge in [-0.05, 0) is 38.9 Å². The first kappa shape index (κ1) is 15.5. The molecule has 0 radical (unpaired) electrons. The zero-order valence-corrected chi connectivity index (χ0v) is 11.6. The molecule has 94 valence electrons. The van der Waals surface area contributed by atoms with Gasteiger partial charge in [0, 0.05) is 12.7 Å². The van der Waals surface area contributed by atoms with Gasteiger partial charge in [0.15, 0.2) is 5.13 Å². The van der Waals surface area contributed by atoms with Gasteiger partial charge in [0.05, 0.1) is 10.8 Å². The number of rotatable bonds is 4. The van der Waals surface area contributed by atoms with E-state index in [0.717, 1.165) is 31.0 Å². The molecular weight excluding hydrogens is 245 g/mol. The monoisotopic (exact) mass is 261 g/mol. The number of carboxylic acid groups (broad SMARTS) is 1. The molecule has 0 atom stereocenters. The molecule has 1 aromatic heterocycles.